The lowest BCUT2D eigenvalue weighted by molar-refractivity contribution is 0.0107. The summed E-state index contributed by atoms with van der Waals surface area (Å²) in [4.78, 5) is 2.52. The Morgan fingerprint density at radius 2 is 1.89 bits per heavy atom. The lowest BCUT2D eigenvalue weighted by Gasteiger charge is -2.41. The van der Waals surface area contributed by atoms with Crippen molar-refractivity contribution in [3.8, 4) is 12.3 Å². The quantitative estimate of drug-likeness (QED) is 0.776. The van der Waals surface area contributed by atoms with Crippen LogP contribution >= 0.6 is 0 Å². The highest BCUT2D eigenvalue weighted by Crippen LogP contribution is 2.29. The minimum atomic E-state index is -0.858. The molecule has 1 fully saturated rings. The Balaban J connectivity index is 1.65. The van der Waals surface area contributed by atoms with E-state index in [4.69, 9.17) is 6.42 Å². The third-order valence-corrected chi connectivity index (χ3v) is 4.73. The second-order valence-electron chi connectivity index (χ2n) is 5.88. The van der Waals surface area contributed by atoms with Crippen LogP contribution in [0.2, 0.25) is 0 Å². The summed E-state index contributed by atoms with van der Waals surface area (Å²) in [6, 6.07) is 9.39. The van der Waals surface area contributed by atoms with Crippen molar-refractivity contribution in [2.45, 2.75) is 43.7 Å². The van der Waals surface area contributed by atoms with Gasteiger partial charge in [-0.3, -0.25) is 4.90 Å². The average molecular weight is 255 g/mol. The van der Waals surface area contributed by atoms with Gasteiger partial charge >= 0.3 is 0 Å². The molecule has 1 aromatic rings. The van der Waals surface area contributed by atoms with E-state index >= 15 is 0 Å². The maximum Gasteiger partial charge on any atom is 0.127 e. The Morgan fingerprint density at radius 1 is 1.21 bits per heavy atom. The minimum absolute atomic E-state index is 0.622. The highest BCUT2D eigenvalue weighted by Gasteiger charge is 2.33. The summed E-state index contributed by atoms with van der Waals surface area (Å²) in [5, 5.41) is 10.1. The molecule has 100 valence electrons. The molecule has 1 aliphatic heterocycles. The summed E-state index contributed by atoms with van der Waals surface area (Å²) in [5.41, 5.74) is 2.15. The smallest absolute Gasteiger partial charge is 0.127 e. The molecular weight excluding hydrogens is 234 g/mol. The fourth-order valence-electron chi connectivity index (χ4n) is 3.39. The van der Waals surface area contributed by atoms with Crippen LogP contribution in [-0.4, -0.2) is 34.7 Å². The van der Waals surface area contributed by atoms with E-state index in [0.29, 0.717) is 18.9 Å². The fraction of sp³-hybridized carbons (Fsp3) is 0.529. The van der Waals surface area contributed by atoms with Crippen molar-refractivity contribution < 1.29 is 5.11 Å². The van der Waals surface area contributed by atoms with Crippen LogP contribution in [0.5, 0.6) is 0 Å². The molecule has 2 nitrogen and oxygen atoms in total. The average Bonchev–Trinajstić information content (AvgIpc) is 2.47. The van der Waals surface area contributed by atoms with Gasteiger partial charge in [0.1, 0.15) is 5.60 Å². The second-order valence-corrected chi connectivity index (χ2v) is 5.88. The number of terminal acetylenes is 1. The van der Waals surface area contributed by atoms with Crippen LogP contribution in [0, 0.1) is 12.3 Å². The molecule has 1 atom stereocenters. The number of hydrogen-bond donors (Lipinski definition) is 1. The Bertz CT molecular complexity index is 494. The topological polar surface area (TPSA) is 23.5 Å². The Kier molecular flexibility index (Phi) is 3.35. The monoisotopic (exact) mass is 255 g/mol. The number of likely N-dealkylation sites (tertiary alicyclic amines) is 1. The predicted octanol–water partition coefficient (Wildman–Crippen LogP) is 2.00. The number of piperidine rings is 1. The van der Waals surface area contributed by atoms with Gasteiger partial charge in [0, 0.05) is 32.0 Å². The third kappa shape index (κ3) is 2.54. The molecule has 0 aromatic heterocycles. The van der Waals surface area contributed by atoms with Gasteiger partial charge in [-0.25, -0.2) is 0 Å². The molecule has 1 heterocycles. The molecule has 1 saturated heterocycles. The number of aliphatic hydroxyl groups is 1. The van der Waals surface area contributed by atoms with Gasteiger partial charge in [0.05, 0.1) is 0 Å². The maximum atomic E-state index is 10.1. The highest BCUT2D eigenvalue weighted by atomic mass is 16.3. The summed E-state index contributed by atoms with van der Waals surface area (Å²) in [5.74, 6) is 2.55. The van der Waals surface area contributed by atoms with Gasteiger partial charge in [-0.15, -0.1) is 6.42 Å². The van der Waals surface area contributed by atoms with Crippen LogP contribution in [-0.2, 0) is 12.8 Å². The van der Waals surface area contributed by atoms with Crippen molar-refractivity contribution in [1.82, 2.24) is 4.90 Å². The SMILES string of the molecule is C#CC1(O)CCN(C2CCc3ccccc3C2)CC1. The van der Waals surface area contributed by atoms with Crippen molar-refractivity contribution >= 4 is 0 Å². The first-order valence-electron chi connectivity index (χ1n) is 7.21. The zero-order valence-corrected chi connectivity index (χ0v) is 11.3. The van der Waals surface area contributed by atoms with Crippen LogP contribution in [0.3, 0.4) is 0 Å². The van der Waals surface area contributed by atoms with Gasteiger partial charge in [0.2, 0.25) is 0 Å². The molecule has 3 rings (SSSR count). The van der Waals surface area contributed by atoms with Crippen molar-refractivity contribution in [3.63, 3.8) is 0 Å². The first kappa shape index (κ1) is 12.7. The third-order valence-electron chi connectivity index (χ3n) is 4.73. The van der Waals surface area contributed by atoms with Gasteiger partial charge in [-0.1, -0.05) is 30.2 Å². The van der Waals surface area contributed by atoms with Crippen LogP contribution in [0.15, 0.2) is 24.3 Å². The largest absolute Gasteiger partial charge is 0.378 e. The van der Waals surface area contributed by atoms with Crippen LogP contribution < -0.4 is 0 Å². The Hall–Kier alpha value is -1.30. The lowest BCUT2D eigenvalue weighted by atomic mass is 9.85. The van der Waals surface area contributed by atoms with Gasteiger partial charge in [-0.05, 0) is 30.4 Å². The number of aryl methyl sites for hydroxylation is 1. The van der Waals surface area contributed by atoms with Gasteiger partial charge in [0.15, 0.2) is 0 Å². The van der Waals surface area contributed by atoms with Gasteiger partial charge in [-0.2, -0.15) is 0 Å². The maximum absolute atomic E-state index is 10.1. The molecule has 2 heteroatoms. The van der Waals surface area contributed by atoms with Crippen LogP contribution in [0.25, 0.3) is 0 Å². The van der Waals surface area contributed by atoms with Crippen molar-refractivity contribution in [2.24, 2.45) is 0 Å². The molecule has 1 N–H and O–H groups in total. The molecule has 1 unspecified atom stereocenters. The first-order chi connectivity index (χ1) is 9.20. The standard InChI is InChI=1S/C17H21NO/c1-2-17(19)9-11-18(12-10-17)16-8-7-14-5-3-4-6-15(14)13-16/h1,3-6,16,19H,7-13H2. The van der Waals surface area contributed by atoms with Crippen LogP contribution in [0.1, 0.15) is 30.4 Å². The Labute approximate surface area is 115 Å². The molecule has 2 aliphatic rings. The number of fused-ring (bicyclic) bond motifs is 1. The Morgan fingerprint density at radius 3 is 2.58 bits per heavy atom. The summed E-state index contributed by atoms with van der Waals surface area (Å²) in [6.45, 7) is 1.85. The van der Waals surface area contributed by atoms with E-state index in [-0.39, 0.29) is 0 Å². The highest BCUT2D eigenvalue weighted by molar-refractivity contribution is 5.30. The fourth-order valence-corrected chi connectivity index (χ4v) is 3.39. The van der Waals surface area contributed by atoms with Gasteiger partial charge < -0.3 is 5.11 Å². The zero-order valence-electron chi connectivity index (χ0n) is 11.3. The molecule has 0 amide bonds. The van der Waals surface area contributed by atoms with Crippen LogP contribution in [0.4, 0.5) is 0 Å². The first-order valence-corrected chi connectivity index (χ1v) is 7.21. The predicted molar refractivity (Wildman–Crippen MR) is 76.8 cm³/mol. The lowest BCUT2D eigenvalue weighted by Crippen LogP contribution is -2.49. The number of hydrogen-bond acceptors (Lipinski definition) is 2. The van der Waals surface area contributed by atoms with Gasteiger partial charge in [0.25, 0.3) is 0 Å². The van der Waals surface area contributed by atoms with E-state index in [1.54, 1.807) is 0 Å². The van der Waals surface area contributed by atoms with Crippen molar-refractivity contribution in [3.05, 3.63) is 35.4 Å². The molecule has 19 heavy (non-hydrogen) atoms. The van der Waals surface area contributed by atoms with E-state index < -0.39 is 5.60 Å². The summed E-state index contributed by atoms with van der Waals surface area (Å²) in [7, 11) is 0. The summed E-state index contributed by atoms with van der Waals surface area (Å²) >= 11 is 0. The number of rotatable bonds is 1. The van der Waals surface area contributed by atoms with Crippen molar-refractivity contribution in [2.75, 3.05) is 13.1 Å². The van der Waals surface area contributed by atoms with E-state index in [1.165, 1.54) is 24.0 Å². The summed E-state index contributed by atoms with van der Waals surface area (Å²) in [6.07, 6.45) is 10.4. The molecule has 1 aromatic carbocycles. The molecule has 1 aliphatic carbocycles. The molecule has 0 spiro atoms. The molecular formula is C17H21NO. The molecule has 0 radical (unpaired) electrons. The normalized spacial score (nSPS) is 26.4. The summed E-state index contributed by atoms with van der Waals surface area (Å²) < 4.78 is 0. The zero-order chi connectivity index (χ0) is 13.3. The van der Waals surface area contributed by atoms with E-state index in [2.05, 4.69) is 35.1 Å². The second kappa shape index (κ2) is 5.00. The van der Waals surface area contributed by atoms with E-state index in [0.717, 1.165) is 19.5 Å². The number of nitrogens with zero attached hydrogens (tertiary/aromatic N) is 1. The minimum Gasteiger partial charge on any atom is -0.378 e. The van der Waals surface area contributed by atoms with E-state index in [1.807, 2.05) is 0 Å². The molecule has 0 saturated carbocycles. The molecule has 0 bridgehead atoms. The number of benzene rings is 1. The van der Waals surface area contributed by atoms with Crippen molar-refractivity contribution in [1.29, 1.82) is 0 Å². The van der Waals surface area contributed by atoms with E-state index in [9.17, 15) is 5.11 Å².